The summed E-state index contributed by atoms with van der Waals surface area (Å²) in [5.74, 6) is 0. The Bertz CT molecular complexity index is 741. The maximum atomic E-state index is 12.9. The SMILES string of the molecule is Cc1cc(S(=O)(=O)N2CCCC2c2cccs2)ccc1Br. The molecule has 1 aliphatic heterocycles. The number of hydrogen-bond donors (Lipinski definition) is 0. The van der Waals surface area contributed by atoms with E-state index in [1.165, 1.54) is 0 Å². The monoisotopic (exact) mass is 385 g/mol. The Labute approximate surface area is 137 Å². The van der Waals surface area contributed by atoms with Crippen LogP contribution in [0.1, 0.15) is 29.3 Å². The lowest BCUT2D eigenvalue weighted by Crippen LogP contribution is -2.30. The summed E-state index contributed by atoms with van der Waals surface area (Å²) in [6, 6.07) is 9.21. The summed E-state index contributed by atoms with van der Waals surface area (Å²) in [4.78, 5) is 1.51. The number of halogens is 1. The van der Waals surface area contributed by atoms with Crippen molar-refractivity contribution in [2.75, 3.05) is 6.54 Å². The summed E-state index contributed by atoms with van der Waals surface area (Å²) in [7, 11) is -3.43. The second-order valence-electron chi connectivity index (χ2n) is 5.20. The summed E-state index contributed by atoms with van der Waals surface area (Å²) >= 11 is 5.04. The average Bonchev–Trinajstić information content (AvgIpc) is 3.11. The van der Waals surface area contributed by atoms with Crippen molar-refractivity contribution in [1.82, 2.24) is 4.31 Å². The van der Waals surface area contributed by atoms with Crippen LogP contribution in [0.25, 0.3) is 0 Å². The van der Waals surface area contributed by atoms with Crippen molar-refractivity contribution in [3.8, 4) is 0 Å². The molecule has 6 heteroatoms. The molecule has 1 unspecified atom stereocenters. The highest BCUT2D eigenvalue weighted by atomic mass is 79.9. The number of benzene rings is 1. The lowest BCUT2D eigenvalue weighted by Gasteiger charge is -2.23. The number of hydrogen-bond acceptors (Lipinski definition) is 3. The van der Waals surface area contributed by atoms with Crippen LogP contribution in [0.4, 0.5) is 0 Å². The highest BCUT2D eigenvalue weighted by Crippen LogP contribution is 2.38. The number of rotatable bonds is 3. The first kappa shape index (κ1) is 15.2. The standard InChI is InChI=1S/C15H16BrNO2S2/c1-11-10-12(6-7-13(11)16)21(18,19)17-8-2-4-14(17)15-5-3-9-20-15/h3,5-7,9-10,14H,2,4,8H2,1H3. The third-order valence-corrected chi connectivity index (χ3v) is 7.58. The summed E-state index contributed by atoms with van der Waals surface area (Å²) in [5.41, 5.74) is 0.933. The van der Waals surface area contributed by atoms with Gasteiger partial charge in [0, 0.05) is 15.9 Å². The van der Waals surface area contributed by atoms with E-state index in [1.54, 1.807) is 33.8 Å². The quantitative estimate of drug-likeness (QED) is 0.787. The van der Waals surface area contributed by atoms with Crippen molar-refractivity contribution in [3.05, 3.63) is 50.6 Å². The highest BCUT2D eigenvalue weighted by Gasteiger charge is 2.36. The van der Waals surface area contributed by atoms with Gasteiger partial charge in [-0.2, -0.15) is 4.31 Å². The van der Waals surface area contributed by atoms with Crippen LogP contribution in [-0.2, 0) is 10.0 Å². The molecule has 1 aromatic carbocycles. The summed E-state index contributed by atoms with van der Waals surface area (Å²) in [5, 5.41) is 2.00. The number of thiophene rings is 1. The lowest BCUT2D eigenvalue weighted by atomic mass is 10.2. The maximum absolute atomic E-state index is 12.9. The Morgan fingerprint density at radius 2 is 2.14 bits per heavy atom. The number of sulfonamides is 1. The van der Waals surface area contributed by atoms with Crippen molar-refractivity contribution >= 4 is 37.3 Å². The number of aryl methyl sites for hydroxylation is 1. The third-order valence-electron chi connectivity index (χ3n) is 3.81. The minimum Gasteiger partial charge on any atom is -0.207 e. The van der Waals surface area contributed by atoms with Gasteiger partial charge in [0.15, 0.2) is 0 Å². The molecule has 21 heavy (non-hydrogen) atoms. The van der Waals surface area contributed by atoms with E-state index >= 15 is 0 Å². The van der Waals surface area contributed by atoms with Crippen molar-refractivity contribution in [2.24, 2.45) is 0 Å². The van der Waals surface area contributed by atoms with Crippen LogP contribution in [0, 0.1) is 6.92 Å². The number of nitrogens with zero attached hydrogens (tertiary/aromatic N) is 1. The molecule has 0 spiro atoms. The van der Waals surface area contributed by atoms with Crippen LogP contribution in [0.15, 0.2) is 45.1 Å². The molecule has 1 fully saturated rings. The molecule has 0 N–H and O–H groups in total. The van der Waals surface area contributed by atoms with E-state index in [1.807, 2.05) is 24.4 Å². The molecule has 0 radical (unpaired) electrons. The molecular formula is C15H16BrNO2S2. The normalized spacial score (nSPS) is 20.0. The van der Waals surface area contributed by atoms with Gasteiger partial charge in [0.25, 0.3) is 0 Å². The molecule has 1 aliphatic rings. The van der Waals surface area contributed by atoms with Gasteiger partial charge in [0.2, 0.25) is 10.0 Å². The zero-order valence-electron chi connectivity index (χ0n) is 11.6. The largest absolute Gasteiger partial charge is 0.243 e. The second kappa shape index (κ2) is 5.83. The molecular weight excluding hydrogens is 370 g/mol. The van der Waals surface area contributed by atoms with Gasteiger partial charge in [0.05, 0.1) is 10.9 Å². The Hall–Kier alpha value is -0.690. The Balaban J connectivity index is 1.99. The fraction of sp³-hybridized carbons (Fsp3) is 0.333. The van der Waals surface area contributed by atoms with Crippen LogP contribution in [-0.4, -0.2) is 19.3 Å². The predicted octanol–water partition coefficient (Wildman–Crippen LogP) is 4.34. The van der Waals surface area contributed by atoms with Crippen molar-refractivity contribution < 1.29 is 8.42 Å². The first-order chi connectivity index (χ1) is 10.00. The summed E-state index contributed by atoms with van der Waals surface area (Å²) in [6.07, 6.45) is 1.81. The van der Waals surface area contributed by atoms with Crippen LogP contribution < -0.4 is 0 Å². The molecule has 2 aromatic rings. The van der Waals surface area contributed by atoms with Crippen LogP contribution in [0.3, 0.4) is 0 Å². The molecule has 0 amide bonds. The van der Waals surface area contributed by atoms with E-state index < -0.39 is 10.0 Å². The Morgan fingerprint density at radius 3 is 2.81 bits per heavy atom. The Kier molecular flexibility index (Phi) is 4.23. The van der Waals surface area contributed by atoms with Crippen LogP contribution in [0.5, 0.6) is 0 Å². The van der Waals surface area contributed by atoms with E-state index in [0.717, 1.165) is 27.8 Å². The van der Waals surface area contributed by atoms with Gasteiger partial charge in [0.1, 0.15) is 0 Å². The molecule has 0 saturated carbocycles. The van der Waals surface area contributed by atoms with Gasteiger partial charge in [-0.05, 0) is 55.0 Å². The molecule has 1 aromatic heterocycles. The van der Waals surface area contributed by atoms with Gasteiger partial charge in [-0.25, -0.2) is 8.42 Å². The summed E-state index contributed by atoms with van der Waals surface area (Å²) in [6.45, 7) is 2.50. The topological polar surface area (TPSA) is 37.4 Å². The van der Waals surface area contributed by atoms with Gasteiger partial charge < -0.3 is 0 Å². The van der Waals surface area contributed by atoms with E-state index in [2.05, 4.69) is 15.9 Å². The van der Waals surface area contributed by atoms with E-state index in [0.29, 0.717) is 11.4 Å². The van der Waals surface area contributed by atoms with E-state index in [9.17, 15) is 8.42 Å². The first-order valence-corrected chi connectivity index (χ1v) is 9.93. The third kappa shape index (κ3) is 2.82. The van der Waals surface area contributed by atoms with Gasteiger partial charge in [-0.15, -0.1) is 11.3 Å². The first-order valence-electron chi connectivity index (χ1n) is 6.81. The molecule has 1 saturated heterocycles. The van der Waals surface area contributed by atoms with Crippen LogP contribution in [0.2, 0.25) is 0 Å². The average molecular weight is 386 g/mol. The van der Waals surface area contributed by atoms with Gasteiger partial charge >= 0.3 is 0 Å². The van der Waals surface area contributed by atoms with Crippen molar-refractivity contribution in [3.63, 3.8) is 0 Å². The molecule has 1 atom stereocenters. The van der Waals surface area contributed by atoms with Crippen molar-refractivity contribution in [2.45, 2.75) is 30.7 Å². The molecule has 2 heterocycles. The molecule has 3 rings (SSSR count). The van der Waals surface area contributed by atoms with Gasteiger partial charge in [-0.1, -0.05) is 22.0 Å². The van der Waals surface area contributed by atoms with Crippen LogP contribution >= 0.6 is 27.3 Å². The second-order valence-corrected chi connectivity index (χ2v) is 8.92. The lowest BCUT2D eigenvalue weighted by molar-refractivity contribution is 0.401. The van der Waals surface area contributed by atoms with Crippen molar-refractivity contribution in [1.29, 1.82) is 0 Å². The molecule has 3 nitrogen and oxygen atoms in total. The van der Waals surface area contributed by atoms with E-state index in [4.69, 9.17) is 0 Å². The maximum Gasteiger partial charge on any atom is 0.243 e. The minimum absolute atomic E-state index is 0.0149. The predicted molar refractivity (Wildman–Crippen MR) is 89.1 cm³/mol. The fourth-order valence-corrected chi connectivity index (χ4v) is 5.65. The minimum atomic E-state index is -3.43. The highest BCUT2D eigenvalue weighted by molar-refractivity contribution is 9.10. The zero-order chi connectivity index (χ0) is 15.0. The molecule has 0 aliphatic carbocycles. The van der Waals surface area contributed by atoms with E-state index in [-0.39, 0.29) is 6.04 Å². The zero-order valence-corrected chi connectivity index (χ0v) is 14.8. The molecule has 0 bridgehead atoms. The Morgan fingerprint density at radius 1 is 1.33 bits per heavy atom. The fourth-order valence-electron chi connectivity index (χ4n) is 2.71. The summed E-state index contributed by atoms with van der Waals surface area (Å²) < 4.78 is 28.4. The van der Waals surface area contributed by atoms with Gasteiger partial charge in [-0.3, -0.25) is 0 Å². The molecule has 112 valence electrons. The smallest absolute Gasteiger partial charge is 0.207 e.